The molecule has 4 heteroatoms. The van der Waals surface area contributed by atoms with Crippen molar-refractivity contribution in [2.24, 2.45) is 10.9 Å². The van der Waals surface area contributed by atoms with Crippen LogP contribution in [-0.4, -0.2) is 44.1 Å². The molecule has 2 atom stereocenters. The average Bonchev–Trinajstić information content (AvgIpc) is 2.59. The van der Waals surface area contributed by atoms with Crippen molar-refractivity contribution in [1.29, 1.82) is 0 Å². The molecule has 1 aliphatic rings. The van der Waals surface area contributed by atoms with Crippen LogP contribution in [0.1, 0.15) is 38.3 Å². The third-order valence-corrected chi connectivity index (χ3v) is 4.48. The largest absolute Gasteiger partial charge is 0.356 e. The van der Waals surface area contributed by atoms with Crippen LogP contribution in [0.3, 0.4) is 0 Å². The zero-order valence-electron chi connectivity index (χ0n) is 14.2. The Morgan fingerprint density at radius 3 is 2.82 bits per heavy atom. The second-order valence-electron chi connectivity index (χ2n) is 6.13. The summed E-state index contributed by atoms with van der Waals surface area (Å²) in [5.74, 6) is 1.62. The Labute approximate surface area is 135 Å². The van der Waals surface area contributed by atoms with E-state index in [2.05, 4.69) is 58.6 Å². The Kier molecular flexibility index (Phi) is 6.72. The summed E-state index contributed by atoms with van der Waals surface area (Å²) in [6.45, 7) is 9.03. The third-order valence-electron chi connectivity index (χ3n) is 4.48. The summed E-state index contributed by atoms with van der Waals surface area (Å²) < 4.78 is 0. The minimum absolute atomic E-state index is 0.255. The quantitative estimate of drug-likeness (QED) is 0.649. The third kappa shape index (κ3) is 5.02. The molecule has 22 heavy (non-hydrogen) atoms. The van der Waals surface area contributed by atoms with E-state index in [4.69, 9.17) is 0 Å². The standard InChI is InChI=1S/C18H30N4/c1-4-22-12-8-9-16(14-22)13-20-18(19-3)21-15(2)17-10-6-5-7-11-17/h5-7,10-11,15-16H,4,8-9,12-14H2,1-3H3,(H2,19,20,21). The first-order valence-corrected chi connectivity index (χ1v) is 8.47. The van der Waals surface area contributed by atoms with E-state index in [1.54, 1.807) is 0 Å². The maximum atomic E-state index is 4.36. The Balaban J connectivity index is 1.80. The summed E-state index contributed by atoms with van der Waals surface area (Å²) in [5, 5.41) is 6.97. The second-order valence-corrected chi connectivity index (χ2v) is 6.13. The van der Waals surface area contributed by atoms with Gasteiger partial charge in [0, 0.05) is 20.1 Å². The number of benzene rings is 1. The Bertz CT molecular complexity index is 457. The number of guanidine groups is 1. The molecule has 4 nitrogen and oxygen atoms in total. The number of aliphatic imine (C=N–C) groups is 1. The van der Waals surface area contributed by atoms with Gasteiger partial charge >= 0.3 is 0 Å². The minimum atomic E-state index is 0.255. The fourth-order valence-electron chi connectivity index (χ4n) is 3.07. The fraction of sp³-hybridized carbons (Fsp3) is 0.611. The lowest BCUT2D eigenvalue weighted by Gasteiger charge is -2.32. The molecule has 1 fully saturated rings. The maximum absolute atomic E-state index is 4.36. The van der Waals surface area contributed by atoms with Crippen molar-refractivity contribution < 1.29 is 0 Å². The van der Waals surface area contributed by atoms with E-state index in [1.165, 1.54) is 31.5 Å². The summed E-state index contributed by atoms with van der Waals surface area (Å²) in [6.07, 6.45) is 2.63. The van der Waals surface area contributed by atoms with Gasteiger partial charge in [-0.25, -0.2) is 0 Å². The smallest absolute Gasteiger partial charge is 0.191 e. The van der Waals surface area contributed by atoms with Gasteiger partial charge in [0.15, 0.2) is 5.96 Å². The van der Waals surface area contributed by atoms with E-state index >= 15 is 0 Å². The van der Waals surface area contributed by atoms with Crippen LogP contribution in [0.2, 0.25) is 0 Å². The highest BCUT2D eigenvalue weighted by molar-refractivity contribution is 5.80. The van der Waals surface area contributed by atoms with Gasteiger partial charge in [-0.05, 0) is 44.3 Å². The predicted molar refractivity (Wildman–Crippen MR) is 94.2 cm³/mol. The summed E-state index contributed by atoms with van der Waals surface area (Å²) in [5.41, 5.74) is 1.28. The number of nitrogens with one attached hydrogen (secondary N) is 2. The molecule has 2 unspecified atom stereocenters. The lowest BCUT2D eigenvalue weighted by molar-refractivity contribution is 0.183. The molecule has 0 spiro atoms. The first kappa shape index (κ1) is 16.8. The molecule has 2 N–H and O–H groups in total. The van der Waals surface area contributed by atoms with Gasteiger partial charge in [0.1, 0.15) is 0 Å². The van der Waals surface area contributed by atoms with E-state index in [0.29, 0.717) is 0 Å². The number of likely N-dealkylation sites (tertiary alicyclic amines) is 1. The van der Waals surface area contributed by atoms with Gasteiger partial charge in [-0.1, -0.05) is 37.3 Å². The topological polar surface area (TPSA) is 39.7 Å². The van der Waals surface area contributed by atoms with Crippen LogP contribution < -0.4 is 10.6 Å². The zero-order valence-corrected chi connectivity index (χ0v) is 14.2. The Morgan fingerprint density at radius 1 is 1.36 bits per heavy atom. The van der Waals surface area contributed by atoms with Gasteiger partial charge in [-0.3, -0.25) is 4.99 Å². The van der Waals surface area contributed by atoms with Crippen LogP contribution in [-0.2, 0) is 0 Å². The SMILES string of the molecule is CCN1CCCC(CNC(=NC)NC(C)c2ccccc2)C1. The highest BCUT2D eigenvalue weighted by Crippen LogP contribution is 2.15. The average molecular weight is 302 g/mol. The van der Waals surface area contributed by atoms with Gasteiger partial charge in [0.25, 0.3) is 0 Å². The highest BCUT2D eigenvalue weighted by atomic mass is 15.2. The lowest BCUT2D eigenvalue weighted by atomic mass is 9.98. The van der Waals surface area contributed by atoms with Crippen LogP contribution in [0.15, 0.2) is 35.3 Å². The van der Waals surface area contributed by atoms with Gasteiger partial charge < -0.3 is 15.5 Å². The molecule has 1 aromatic rings. The van der Waals surface area contributed by atoms with Crippen LogP contribution >= 0.6 is 0 Å². The van der Waals surface area contributed by atoms with E-state index in [9.17, 15) is 0 Å². The van der Waals surface area contributed by atoms with E-state index in [1.807, 2.05) is 13.1 Å². The second kappa shape index (κ2) is 8.79. The van der Waals surface area contributed by atoms with Crippen LogP contribution in [0.4, 0.5) is 0 Å². The van der Waals surface area contributed by atoms with Crippen molar-refractivity contribution in [2.75, 3.05) is 33.2 Å². The lowest BCUT2D eigenvalue weighted by Crippen LogP contribution is -2.44. The van der Waals surface area contributed by atoms with Crippen molar-refractivity contribution in [3.05, 3.63) is 35.9 Å². The molecule has 1 saturated heterocycles. The van der Waals surface area contributed by atoms with Crippen LogP contribution in [0.5, 0.6) is 0 Å². The van der Waals surface area contributed by atoms with Crippen LogP contribution in [0, 0.1) is 5.92 Å². The normalized spacial score (nSPS) is 21.4. The number of rotatable bonds is 5. The molecule has 0 aliphatic carbocycles. The molecule has 0 amide bonds. The van der Waals surface area contributed by atoms with Crippen molar-refractivity contribution in [3.8, 4) is 0 Å². The number of nitrogens with zero attached hydrogens (tertiary/aromatic N) is 2. The molecular formula is C18H30N4. The first-order chi connectivity index (χ1) is 10.7. The number of piperidine rings is 1. The molecule has 0 bridgehead atoms. The summed E-state index contributed by atoms with van der Waals surface area (Å²) >= 11 is 0. The molecule has 1 aromatic carbocycles. The van der Waals surface area contributed by atoms with Crippen molar-refractivity contribution in [3.63, 3.8) is 0 Å². The maximum Gasteiger partial charge on any atom is 0.191 e. The molecule has 0 aromatic heterocycles. The molecule has 2 rings (SSSR count). The van der Waals surface area contributed by atoms with Gasteiger partial charge in [-0.15, -0.1) is 0 Å². The molecule has 0 radical (unpaired) electrons. The zero-order chi connectivity index (χ0) is 15.8. The van der Waals surface area contributed by atoms with Crippen molar-refractivity contribution in [1.82, 2.24) is 15.5 Å². The first-order valence-electron chi connectivity index (χ1n) is 8.47. The molecule has 0 saturated carbocycles. The van der Waals surface area contributed by atoms with Gasteiger partial charge in [0.2, 0.25) is 0 Å². The monoisotopic (exact) mass is 302 g/mol. The van der Waals surface area contributed by atoms with E-state index in [-0.39, 0.29) is 6.04 Å². The van der Waals surface area contributed by atoms with E-state index < -0.39 is 0 Å². The minimum Gasteiger partial charge on any atom is -0.356 e. The Morgan fingerprint density at radius 2 is 2.14 bits per heavy atom. The summed E-state index contributed by atoms with van der Waals surface area (Å²) in [7, 11) is 1.84. The van der Waals surface area contributed by atoms with Crippen molar-refractivity contribution >= 4 is 5.96 Å². The van der Waals surface area contributed by atoms with Crippen LogP contribution in [0.25, 0.3) is 0 Å². The van der Waals surface area contributed by atoms with Gasteiger partial charge in [0.05, 0.1) is 6.04 Å². The summed E-state index contributed by atoms with van der Waals surface area (Å²) in [6, 6.07) is 10.7. The predicted octanol–water partition coefficient (Wildman–Crippen LogP) is 2.64. The highest BCUT2D eigenvalue weighted by Gasteiger charge is 2.19. The Hall–Kier alpha value is -1.55. The van der Waals surface area contributed by atoms with Crippen molar-refractivity contribution in [2.45, 2.75) is 32.7 Å². The molecule has 1 aliphatic heterocycles. The molecule has 1 heterocycles. The summed E-state index contributed by atoms with van der Waals surface area (Å²) in [4.78, 5) is 6.90. The molecule has 122 valence electrons. The fourth-order valence-corrected chi connectivity index (χ4v) is 3.07. The number of hydrogen-bond acceptors (Lipinski definition) is 2. The van der Waals surface area contributed by atoms with E-state index in [0.717, 1.165) is 25.0 Å². The molecular weight excluding hydrogens is 272 g/mol. The van der Waals surface area contributed by atoms with Gasteiger partial charge in [-0.2, -0.15) is 0 Å². The number of hydrogen-bond donors (Lipinski definition) is 2.